The number of aliphatic hydroxyl groups is 1. The lowest BCUT2D eigenvalue weighted by Gasteiger charge is -2.58. The molecule has 9 nitrogen and oxygen atoms in total. The molecular weight excluding hydrogens is 521 g/mol. The van der Waals surface area contributed by atoms with Crippen LogP contribution in [0.15, 0.2) is 35.4 Å². The lowest BCUT2D eigenvalue weighted by molar-refractivity contribution is -0.136. The number of piperazine rings is 1. The first kappa shape index (κ1) is 26.4. The standard InChI is InChI=1S/C28H36FN5O4S/c1-3-39(37,38)21-4-5-24(22(29)12-21)33-8-9-34(17(2)16-33)27-30-7-6-23(31-27)26(35)32-25-19-10-18-11-20(25)15-28(36,13-18)14-19/h4-7,12,17-20,25,36H,3,8-11,13-16H2,1-2H3,(H,32,35)/t17-,18?,19?,20?,25?,28?/m1/s1. The predicted octanol–water partition coefficient (Wildman–Crippen LogP) is 2.79. The van der Waals surface area contributed by atoms with Gasteiger partial charge in [0.2, 0.25) is 5.95 Å². The molecule has 2 N–H and O–H groups in total. The van der Waals surface area contributed by atoms with E-state index < -0.39 is 21.3 Å². The molecule has 2 unspecified atom stereocenters. The van der Waals surface area contributed by atoms with E-state index in [1.807, 2.05) is 16.7 Å². The number of benzene rings is 1. The molecule has 4 aliphatic carbocycles. The van der Waals surface area contributed by atoms with Gasteiger partial charge < -0.3 is 20.2 Å². The number of sulfone groups is 1. The zero-order valence-corrected chi connectivity index (χ0v) is 23.2. The first-order valence-corrected chi connectivity index (χ1v) is 15.6. The van der Waals surface area contributed by atoms with Crippen LogP contribution in [-0.2, 0) is 9.84 Å². The van der Waals surface area contributed by atoms with Crippen LogP contribution in [0.5, 0.6) is 0 Å². The lowest BCUT2D eigenvalue weighted by atomic mass is 9.52. The number of anilines is 2. The van der Waals surface area contributed by atoms with Gasteiger partial charge in [0.15, 0.2) is 9.84 Å². The topological polar surface area (TPSA) is 116 Å². The first-order chi connectivity index (χ1) is 18.5. The number of nitrogens with one attached hydrogen (secondary N) is 1. The Hall–Kier alpha value is -2.79. The van der Waals surface area contributed by atoms with Crippen LogP contribution < -0.4 is 15.1 Å². The smallest absolute Gasteiger partial charge is 0.270 e. The summed E-state index contributed by atoms with van der Waals surface area (Å²) in [7, 11) is -3.48. The van der Waals surface area contributed by atoms with E-state index in [9.17, 15) is 22.7 Å². The van der Waals surface area contributed by atoms with Crippen LogP contribution in [0.1, 0.15) is 56.4 Å². The molecule has 2 heterocycles. The molecular formula is C28H36FN5O4S. The zero-order chi connectivity index (χ0) is 27.5. The van der Waals surface area contributed by atoms with E-state index in [2.05, 4.69) is 15.3 Å². The van der Waals surface area contributed by atoms with Crippen LogP contribution >= 0.6 is 0 Å². The highest BCUT2D eigenvalue weighted by atomic mass is 32.2. The van der Waals surface area contributed by atoms with Crippen molar-refractivity contribution in [2.24, 2.45) is 17.8 Å². The van der Waals surface area contributed by atoms with Crippen molar-refractivity contribution in [3.05, 3.63) is 42.0 Å². The SMILES string of the molecule is CCS(=O)(=O)c1ccc(N2CCN(c3nccc(C(=O)NC4C5CC6CC4CC(O)(C6)C5)n3)[C@H](C)C2)c(F)c1. The van der Waals surface area contributed by atoms with Crippen molar-refractivity contribution in [3.8, 4) is 0 Å². The van der Waals surface area contributed by atoms with Crippen molar-refractivity contribution < 1.29 is 22.7 Å². The summed E-state index contributed by atoms with van der Waals surface area (Å²) in [6.07, 6.45) is 6.16. The summed E-state index contributed by atoms with van der Waals surface area (Å²) in [5, 5.41) is 14.1. The van der Waals surface area contributed by atoms with Crippen LogP contribution in [0.3, 0.4) is 0 Å². The first-order valence-electron chi connectivity index (χ1n) is 14.0. The number of rotatable bonds is 6. The Morgan fingerprint density at radius 1 is 1.18 bits per heavy atom. The summed E-state index contributed by atoms with van der Waals surface area (Å²) in [6.45, 7) is 5.04. The molecule has 210 valence electrons. The van der Waals surface area contributed by atoms with Crippen LogP contribution in [0.4, 0.5) is 16.0 Å². The Morgan fingerprint density at radius 3 is 2.56 bits per heavy atom. The average molecular weight is 558 g/mol. The number of hydrogen-bond donors (Lipinski definition) is 2. The van der Waals surface area contributed by atoms with Crippen LogP contribution in [0.2, 0.25) is 0 Å². The Kier molecular flexibility index (Phi) is 6.57. The van der Waals surface area contributed by atoms with Crippen LogP contribution in [0, 0.1) is 23.6 Å². The molecule has 2 aromatic rings. The summed E-state index contributed by atoms with van der Waals surface area (Å²) in [5.74, 6) is 0.814. The van der Waals surface area contributed by atoms with E-state index in [-0.39, 0.29) is 28.6 Å². The molecule has 5 fully saturated rings. The molecule has 5 aliphatic rings. The molecule has 11 heteroatoms. The summed E-state index contributed by atoms with van der Waals surface area (Å²) in [6, 6.07) is 5.73. The van der Waals surface area contributed by atoms with Gasteiger partial charge in [-0.3, -0.25) is 4.79 Å². The minimum absolute atomic E-state index is 0.00838. The van der Waals surface area contributed by atoms with Crippen molar-refractivity contribution in [1.82, 2.24) is 15.3 Å². The summed E-state index contributed by atoms with van der Waals surface area (Å²) in [4.78, 5) is 26.2. The van der Waals surface area contributed by atoms with Crippen molar-refractivity contribution in [2.45, 2.75) is 68.5 Å². The van der Waals surface area contributed by atoms with Crippen LogP contribution in [0.25, 0.3) is 0 Å². The zero-order valence-electron chi connectivity index (χ0n) is 22.4. The predicted molar refractivity (Wildman–Crippen MR) is 145 cm³/mol. The van der Waals surface area contributed by atoms with E-state index in [1.165, 1.54) is 19.1 Å². The third-order valence-electron chi connectivity index (χ3n) is 9.30. The number of aromatic nitrogens is 2. The molecule has 0 spiro atoms. The molecule has 39 heavy (non-hydrogen) atoms. The van der Waals surface area contributed by atoms with Gasteiger partial charge in [0.1, 0.15) is 11.5 Å². The maximum atomic E-state index is 14.9. The van der Waals surface area contributed by atoms with E-state index in [0.717, 1.165) is 38.2 Å². The molecule has 1 saturated heterocycles. The lowest BCUT2D eigenvalue weighted by Crippen LogP contribution is -2.61. The number of nitrogens with zero attached hydrogens (tertiary/aromatic N) is 4. The number of carbonyl (C=O) groups is 1. The third kappa shape index (κ3) is 4.88. The molecule has 1 aromatic carbocycles. The molecule has 4 saturated carbocycles. The van der Waals surface area contributed by atoms with Crippen molar-refractivity contribution in [2.75, 3.05) is 35.2 Å². The van der Waals surface area contributed by atoms with Gasteiger partial charge >= 0.3 is 0 Å². The third-order valence-corrected chi connectivity index (χ3v) is 11.0. The highest BCUT2D eigenvalue weighted by molar-refractivity contribution is 7.91. The molecule has 7 rings (SSSR count). The molecule has 1 amide bonds. The van der Waals surface area contributed by atoms with Gasteiger partial charge in [-0.2, -0.15) is 0 Å². The molecule has 3 atom stereocenters. The van der Waals surface area contributed by atoms with E-state index in [0.29, 0.717) is 54.7 Å². The van der Waals surface area contributed by atoms with E-state index in [4.69, 9.17) is 0 Å². The number of halogens is 1. The fraction of sp³-hybridized carbons (Fsp3) is 0.607. The van der Waals surface area contributed by atoms with E-state index >= 15 is 0 Å². The quantitative estimate of drug-likeness (QED) is 0.557. The van der Waals surface area contributed by atoms with Crippen molar-refractivity contribution in [1.29, 1.82) is 0 Å². The number of carbonyl (C=O) groups excluding carboxylic acids is 1. The number of hydrogen-bond acceptors (Lipinski definition) is 8. The largest absolute Gasteiger partial charge is 0.390 e. The van der Waals surface area contributed by atoms with Gasteiger partial charge in [0.05, 0.1) is 21.9 Å². The maximum Gasteiger partial charge on any atom is 0.270 e. The second-order valence-electron chi connectivity index (χ2n) is 11.9. The average Bonchev–Trinajstić information content (AvgIpc) is 2.89. The fourth-order valence-corrected chi connectivity index (χ4v) is 8.53. The van der Waals surface area contributed by atoms with E-state index in [1.54, 1.807) is 12.3 Å². The fourth-order valence-electron chi connectivity index (χ4n) is 7.63. The Labute approximate surface area is 228 Å². The highest BCUT2D eigenvalue weighted by Crippen LogP contribution is 2.55. The molecule has 1 aromatic heterocycles. The Morgan fingerprint density at radius 2 is 1.92 bits per heavy atom. The van der Waals surface area contributed by atoms with Crippen molar-refractivity contribution >= 4 is 27.4 Å². The Bertz CT molecular complexity index is 1370. The minimum Gasteiger partial charge on any atom is -0.390 e. The maximum absolute atomic E-state index is 14.9. The normalized spacial score (nSPS) is 31.9. The number of amides is 1. The van der Waals surface area contributed by atoms with Gasteiger partial charge in [-0.25, -0.2) is 22.8 Å². The Balaban J connectivity index is 1.12. The summed E-state index contributed by atoms with van der Waals surface area (Å²) >= 11 is 0. The summed E-state index contributed by atoms with van der Waals surface area (Å²) in [5.41, 5.74) is 0.142. The molecule has 4 bridgehead atoms. The van der Waals surface area contributed by atoms with Gasteiger partial charge in [-0.15, -0.1) is 0 Å². The van der Waals surface area contributed by atoms with Crippen molar-refractivity contribution in [3.63, 3.8) is 0 Å². The van der Waals surface area contributed by atoms with Gasteiger partial charge in [0, 0.05) is 37.9 Å². The molecule has 1 aliphatic heterocycles. The molecule has 0 radical (unpaired) electrons. The summed E-state index contributed by atoms with van der Waals surface area (Å²) < 4.78 is 39.1. The minimum atomic E-state index is -3.48. The van der Waals surface area contributed by atoms with Crippen LogP contribution in [-0.4, -0.2) is 72.5 Å². The second-order valence-corrected chi connectivity index (χ2v) is 14.2. The van der Waals surface area contributed by atoms with Gasteiger partial charge in [-0.05, 0) is 81.0 Å². The second kappa shape index (κ2) is 9.69. The van der Waals surface area contributed by atoms with Gasteiger partial charge in [-0.1, -0.05) is 6.92 Å². The monoisotopic (exact) mass is 557 g/mol. The van der Waals surface area contributed by atoms with Gasteiger partial charge in [0.25, 0.3) is 5.91 Å². The highest BCUT2D eigenvalue weighted by Gasteiger charge is 2.55.